The van der Waals surface area contributed by atoms with Crippen molar-refractivity contribution in [1.29, 1.82) is 0 Å². The van der Waals surface area contributed by atoms with E-state index in [0.717, 1.165) is 37.2 Å². The van der Waals surface area contributed by atoms with E-state index in [-0.39, 0.29) is 12.1 Å². The number of nitrogens with one attached hydrogen (secondary N) is 1. The molecule has 3 heterocycles. The maximum atomic E-state index is 6.36. The lowest BCUT2D eigenvalue weighted by Crippen LogP contribution is -2.29. The van der Waals surface area contributed by atoms with Crippen LogP contribution in [0.25, 0.3) is 0 Å². The molecule has 0 amide bonds. The van der Waals surface area contributed by atoms with Crippen LogP contribution < -0.4 is 10.2 Å². The van der Waals surface area contributed by atoms with Crippen LogP contribution in [0.5, 0.6) is 0 Å². The summed E-state index contributed by atoms with van der Waals surface area (Å²) < 4.78 is 7.42. The Hall–Kier alpha value is -2.32. The molecule has 0 aliphatic carbocycles. The Kier molecular flexibility index (Phi) is 6.47. The molecule has 1 saturated heterocycles. The van der Waals surface area contributed by atoms with E-state index < -0.39 is 0 Å². The molecule has 0 unspecified atom stereocenters. The van der Waals surface area contributed by atoms with Gasteiger partial charge < -0.3 is 14.6 Å². The van der Waals surface area contributed by atoms with Gasteiger partial charge in [0.1, 0.15) is 11.8 Å². The molecule has 1 fully saturated rings. The number of furan rings is 1. The molecule has 0 spiro atoms. The second-order valence-electron chi connectivity index (χ2n) is 7.64. The second-order valence-corrected chi connectivity index (χ2v) is 10.4. The first-order chi connectivity index (χ1) is 16.0. The molecule has 4 aromatic rings. The fourth-order valence-corrected chi connectivity index (χ4v) is 5.36. The van der Waals surface area contributed by atoms with Crippen LogP contribution in [-0.2, 0) is 0 Å². The zero-order valence-corrected chi connectivity index (χ0v) is 21.5. The van der Waals surface area contributed by atoms with Gasteiger partial charge in [0.15, 0.2) is 10.2 Å². The van der Waals surface area contributed by atoms with Crippen LogP contribution in [0.4, 0.5) is 5.69 Å². The fourth-order valence-electron chi connectivity index (χ4n) is 3.87. The molecular formula is C25H19BrClN3OS2. The molecule has 33 heavy (non-hydrogen) atoms. The Morgan fingerprint density at radius 3 is 2.64 bits per heavy atom. The van der Waals surface area contributed by atoms with Crippen LogP contribution in [0, 0.1) is 6.92 Å². The summed E-state index contributed by atoms with van der Waals surface area (Å²) in [6.45, 7) is 2.07. The van der Waals surface area contributed by atoms with Crippen molar-refractivity contribution in [1.82, 2.24) is 10.3 Å². The highest BCUT2D eigenvalue weighted by Crippen LogP contribution is 2.44. The predicted molar refractivity (Wildman–Crippen MR) is 141 cm³/mol. The Labute approximate surface area is 215 Å². The quantitative estimate of drug-likeness (QED) is 0.254. The maximum absolute atomic E-state index is 6.36. The van der Waals surface area contributed by atoms with Gasteiger partial charge in [0, 0.05) is 26.3 Å². The summed E-state index contributed by atoms with van der Waals surface area (Å²) in [6, 6.07) is 23.5. The summed E-state index contributed by atoms with van der Waals surface area (Å²) in [4.78, 5) is 7.77. The monoisotopic (exact) mass is 555 g/mol. The molecule has 0 bridgehead atoms. The van der Waals surface area contributed by atoms with Gasteiger partial charge in [-0.2, -0.15) is 0 Å². The minimum absolute atomic E-state index is 0.151. The van der Waals surface area contributed by atoms with Crippen molar-refractivity contribution in [3.8, 4) is 0 Å². The molecule has 4 nitrogen and oxygen atoms in total. The van der Waals surface area contributed by atoms with Gasteiger partial charge in [-0.25, -0.2) is 0 Å². The molecule has 2 aromatic heterocycles. The topological polar surface area (TPSA) is 41.3 Å². The molecule has 1 N–H and O–H groups in total. The van der Waals surface area contributed by atoms with Crippen LogP contribution in [0.15, 0.2) is 97.9 Å². The number of halogens is 2. The van der Waals surface area contributed by atoms with Gasteiger partial charge in [0.25, 0.3) is 0 Å². The Bertz CT molecular complexity index is 1300. The molecule has 8 heteroatoms. The number of anilines is 1. The lowest BCUT2D eigenvalue weighted by atomic mass is 10.0. The lowest BCUT2D eigenvalue weighted by Gasteiger charge is -2.26. The lowest BCUT2D eigenvalue weighted by molar-refractivity contribution is 0.383. The van der Waals surface area contributed by atoms with Gasteiger partial charge in [0.2, 0.25) is 0 Å². The van der Waals surface area contributed by atoms with Crippen molar-refractivity contribution in [2.75, 3.05) is 4.90 Å². The predicted octanol–water partition coefficient (Wildman–Crippen LogP) is 7.73. The first kappa shape index (κ1) is 22.5. The first-order valence-electron chi connectivity index (χ1n) is 10.3. The van der Waals surface area contributed by atoms with Crippen molar-refractivity contribution in [3.63, 3.8) is 0 Å². The van der Waals surface area contributed by atoms with E-state index in [9.17, 15) is 0 Å². The molecule has 2 atom stereocenters. The molecule has 0 saturated carbocycles. The van der Waals surface area contributed by atoms with Gasteiger partial charge in [-0.3, -0.25) is 4.98 Å². The minimum Gasteiger partial charge on any atom is -0.452 e. The van der Waals surface area contributed by atoms with E-state index in [4.69, 9.17) is 28.2 Å². The van der Waals surface area contributed by atoms with Gasteiger partial charge >= 0.3 is 0 Å². The molecule has 166 valence electrons. The van der Waals surface area contributed by atoms with E-state index in [1.807, 2.05) is 60.7 Å². The van der Waals surface area contributed by atoms with Crippen LogP contribution >= 0.6 is 51.5 Å². The fraction of sp³-hybridized carbons (Fsp3) is 0.120. The summed E-state index contributed by atoms with van der Waals surface area (Å²) in [6.07, 6.45) is 1.80. The van der Waals surface area contributed by atoms with Crippen LogP contribution in [-0.4, -0.2) is 10.1 Å². The molecule has 2 aromatic carbocycles. The van der Waals surface area contributed by atoms with Gasteiger partial charge in [-0.1, -0.05) is 45.4 Å². The Morgan fingerprint density at radius 1 is 1.09 bits per heavy atom. The molecule has 5 rings (SSSR count). The average Bonchev–Trinajstić information content (AvgIpc) is 3.42. The van der Waals surface area contributed by atoms with Gasteiger partial charge in [-0.15, -0.1) is 0 Å². The van der Waals surface area contributed by atoms with E-state index in [2.05, 4.69) is 50.2 Å². The zero-order valence-electron chi connectivity index (χ0n) is 17.5. The van der Waals surface area contributed by atoms with E-state index in [0.29, 0.717) is 10.1 Å². The summed E-state index contributed by atoms with van der Waals surface area (Å²) in [5.74, 6) is 0.815. The highest BCUT2D eigenvalue weighted by atomic mass is 79.9. The number of aromatic nitrogens is 1. The number of rotatable bonds is 5. The van der Waals surface area contributed by atoms with Crippen molar-refractivity contribution in [2.24, 2.45) is 0 Å². The Balaban J connectivity index is 1.53. The summed E-state index contributed by atoms with van der Waals surface area (Å²) in [7, 11) is 0. The number of pyridine rings is 1. The van der Waals surface area contributed by atoms with Crippen LogP contribution in [0.1, 0.15) is 29.1 Å². The number of thiocarbonyl (C=S) groups is 1. The van der Waals surface area contributed by atoms with Crippen LogP contribution in [0.3, 0.4) is 0 Å². The van der Waals surface area contributed by atoms with Gasteiger partial charge in [-0.05, 0) is 91.4 Å². The third kappa shape index (κ3) is 4.68. The average molecular weight is 557 g/mol. The number of aryl methyl sites for hydroxylation is 1. The standard InChI is InChI=1S/C25H19BrClN3OS2/c1-15-14-17(7-10-19(15)26)30-24(23(29-25(30)32)20-4-2-3-13-28-20)21-11-12-22(31-21)33-18-8-5-16(27)6-9-18/h2-14,23-24H,1H3,(H,29,32)/t23-,24+/m0/s1. The van der Waals surface area contributed by atoms with Gasteiger partial charge in [0.05, 0.1) is 11.7 Å². The second kappa shape index (κ2) is 9.50. The number of hydrogen-bond donors (Lipinski definition) is 1. The smallest absolute Gasteiger partial charge is 0.174 e. The van der Waals surface area contributed by atoms with E-state index in [1.165, 1.54) is 0 Å². The van der Waals surface area contributed by atoms with Crippen molar-refractivity contribution < 1.29 is 4.42 Å². The summed E-state index contributed by atoms with van der Waals surface area (Å²) in [5.41, 5.74) is 3.04. The molecule has 1 aliphatic heterocycles. The maximum Gasteiger partial charge on any atom is 0.174 e. The minimum atomic E-state index is -0.187. The molecular weight excluding hydrogens is 538 g/mol. The van der Waals surface area contributed by atoms with Crippen molar-refractivity contribution >= 4 is 62.3 Å². The normalized spacial score (nSPS) is 17.9. The summed E-state index contributed by atoms with van der Waals surface area (Å²) in [5, 5.41) is 5.62. The molecule has 0 radical (unpaired) electrons. The summed E-state index contributed by atoms with van der Waals surface area (Å²) >= 11 is 17.0. The zero-order chi connectivity index (χ0) is 22.9. The molecule has 1 aliphatic rings. The number of hydrogen-bond acceptors (Lipinski definition) is 4. The van der Waals surface area contributed by atoms with Crippen LogP contribution in [0.2, 0.25) is 5.02 Å². The van der Waals surface area contributed by atoms with Crippen molar-refractivity contribution in [3.05, 3.63) is 106 Å². The van der Waals surface area contributed by atoms with Crippen molar-refractivity contribution in [2.45, 2.75) is 29.0 Å². The Morgan fingerprint density at radius 2 is 1.91 bits per heavy atom. The third-order valence-electron chi connectivity index (χ3n) is 5.44. The third-order valence-corrected chi connectivity index (χ3v) is 7.83. The van der Waals surface area contributed by atoms with E-state index in [1.54, 1.807) is 18.0 Å². The number of benzene rings is 2. The largest absolute Gasteiger partial charge is 0.452 e. The highest BCUT2D eigenvalue weighted by Gasteiger charge is 2.42. The first-order valence-corrected chi connectivity index (χ1v) is 12.7. The SMILES string of the molecule is Cc1cc(N2C(=S)N[C@@H](c3ccccn3)[C@H]2c2ccc(Sc3ccc(Cl)cc3)o2)ccc1Br. The number of nitrogens with zero attached hydrogens (tertiary/aromatic N) is 2. The van der Waals surface area contributed by atoms with E-state index >= 15 is 0 Å². The highest BCUT2D eigenvalue weighted by molar-refractivity contribution is 9.10.